The van der Waals surface area contributed by atoms with Gasteiger partial charge in [-0.1, -0.05) is 6.08 Å². The molecule has 27 heavy (non-hydrogen) atoms. The first-order valence-corrected chi connectivity index (χ1v) is 9.42. The van der Waals surface area contributed by atoms with Gasteiger partial charge in [0.15, 0.2) is 22.7 Å². The van der Waals surface area contributed by atoms with E-state index in [1.807, 2.05) is 0 Å². The van der Waals surface area contributed by atoms with Gasteiger partial charge in [0.1, 0.15) is 0 Å². The van der Waals surface area contributed by atoms with Gasteiger partial charge in [-0.15, -0.1) is 6.58 Å². The summed E-state index contributed by atoms with van der Waals surface area (Å²) in [5.41, 5.74) is 0.0198. The van der Waals surface area contributed by atoms with Gasteiger partial charge in [0.25, 0.3) is 0 Å². The van der Waals surface area contributed by atoms with E-state index in [-0.39, 0.29) is 28.8 Å². The van der Waals surface area contributed by atoms with Crippen LogP contribution in [0.1, 0.15) is 38.5 Å². The Kier molecular flexibility index (Phi) is 5.01. The molecule has 1 saturated carbocycles. The first-order chi connectivity index (χ1) is 13.2. The third-order valence-electron chi connectivity index (χ3n) is 5.02. The molecule has 1 fully saturated rings. The molecule has 0 atom stereocenters. The number of ether oxygens (including phenoxy) is 2. The Morgan fingerprint density at radius 3 is 2.30 bits per heavy atom. The van der Waals surface area contributed by atoms with Gasteiger partial charge in [-0.25, -0.2) is 0 Å². The molecule has 0 aliphatic heterocycles. The second kappa shape index (κ2) is 7.59. The summed E-state index contributed by atoms with van der Waals surface area (Å²) in [6.07, 6.45) is 7.42. The van der Waals surface area contributed by atoms with Gasteiger partial charge in [0.05, 0.1) is 12.7 Å². The molecule has 0 amide bonds. The Morgan fingerprint density at radius 1 is 1.00 bits per heavy atom. The van der Waals surface area contributed by atoms with Gasteiger partial charge in [-0.05, 0) is 62.8 Å². The molecule has 0 saturated heterocycles. The molecule has 142 valence electrons. The van der Waals surface area contributed by atoms with Crippen molar-refractivity contribution in [1.29, 1.82) is 0 Å². The predicted octanol–water partition coefficient (Wildman–Crippen LogP) is 6.53. The van der Waals surface area contributed by atoms with Gasteiger partial charge in [0, 0.05) is 10.8 Å². The van der Waals surface area contributed by atoms with Gasteiger partial charge < -0.3 is 13.9 Å². The fraction of sp³-hybridized carbons (Fsp3) is 0.364. The molecule has 0 N–H and O–H groups in total. The zero-order valence-electron chi connectivity index (χ0n) is 15.1. The molecular formula is C22H22F2O3. The number of unbranched alkanes of at least 4 members (excludes halogenated alkanes) is 1. The summed E-state index contributed by atoms with van der Waals surface area (Å²) < 4.78 is 46.5. The Bertz CT molecular complexity index is 971. The second-order valence-electron chi connectivity index (χ2n) is 6.91. The van der Waals surface area contributed by atoms with Crippen molar-refractivity contribution in [2.75, 3.05) is 6.61 Å². The SMILES string of the molecule is C=CCCCOc1ccc2c(oc3c(F)c(OC4CCCC4)ccc32)c1F. The molecule has 5 heteroatoms. The van der Waals surface area contributed by atoms with Crippen molar-refractivity contribution >= 4 is 21.9 Å². The number of allylic oxidation sites excluding steroid dienone is 1. The fourth-order valence-electron chi connectivity index (χ4n) is 3.60. The van der Waals surface area contributed by atoms with Crippen molar-refractivity contribution in [1.82, 2.24) is 0 Å². The summed E-state index contributed by atoms with van der Waals surface area (Å²) in [4.78, 5) is 0. The number of halogens is 2. The van der Waals surface area contributed by atoms with Crippen LogP contribution in [-0.4, -0.2) is 12.7 Å². The number of rotatable bonds is 7. The quantitative estimate of drug-likeness (QED) is 0.349. The monoisotopic (exact) mass is 372 g/mol. The Labute approximate surface area is 156 Å². The van der Waals surface area contributed by atoms with Gasteiger partial charge in [-0.3, -0.25) is 0 Å². The van der Waals surface area contributed by atoms with E-state index in [9.17, 15) is 8.78 Å². The minimum absolute atomic E-state index is 0.00290. The van der Waals surface area contributed by atoms with Crippen LogP contribution in [0.25, 0.3) is 21.9 Å². The molecule has 3 aromatic rings. The third-order valence-corrected chi connectivity index (χ3v) is 5.02. The molecule has 1 aliphatic rings. The first-order valence-electron chi connectivity index (χ1n) is 9.42. The highest BCUT2D eigenvalue weighted by atomic mass is 19.1. The molecule has 3 nitrogen and oxygen atoms in total. The highest BCUT2D eigenvalue weighted by molar-refractivity contribution is 6.06. The lowest BCUT2D eigenvalue weighted by Crippen LogP contribution is -2.11. The molecule has 1 heterocycles. The van der Waals surface area contributed by atoms with Crippen LogP contribution in [0.4, 0.5) is 8.78 Å². The van der Waals surface area contributed by atoms with E-state index in [4.69, 9.17) is 13.9 Å². The number of fused-ring (bicyclic) bond motifs is 3. The predicted molar refractivity (Wildman–Crippen MR) is 101 cm³/mol. The molecule has 2 aromatic carbocycles. The summed E-state index contributed by atoms with van der Waals surface area (Å²) in [6.45, 7) is 4.02. The Balaban J connectivity index is 1.67. The van der Waals surface area contributed by atoms with Crippen LogP contribution < -0.4 is 9.47 Å². The van der Waals surface area contributed by atoms with Crippen molar-refractivity contribution in [3.63, 3.8) is 0 Å². The fourth-order valence-corrected chi connectivity index (χ4v) is 3.60. The summed E-state index contributed by atoms with van der Waals surface area (Å²) in [6, 6.07) is 6.58. The number of benzene rings is 2. The average molecular weight is 372 g/mol. The number of hydrogen-bond donors (Lipinski definition) is 0. The minimum atomic E-state index is -0.611. The van der Waals surface area contributed by atoms with Crippen LogP contribution in [0.2, 0.25) is 0 Å². The lowest BCUT2D eigenvalue weighted by molar-refractivity contribution is 0.201. The van der Waals surface area contributed by atoms with E-state index in [0.717, 1.165) is 38.5 Å². The van der Waals surface area contributed by atoms with Crippen LogP contribution >= 0.6 is 0 Å². The molecule has 1 aromatic heterocycles. The highest BCUT2D eigenvalue weighted by Crippen LogP contribution is 2.38. The summed E-state index contributed by atoms with van der Waals surface area (Å²) in [5.74, 6) is -0.924. The van der Waals surface area contributed by atoms with Crippen molar-refractivity contribution in [3.05, 3.63) is 48.6 Å². The van der Waals surface area contributed by atoms with E-state index in [1.54, 1.807) is 30.3 Å². The molecule has 1 aliphatic carbocycles. The van der Waals surface area contributed by atoms with Crippen molar-refractivity contribution in [2.24, 2.45) is 0 Å². The molecule has 0 bridgehead atoms. The summed E-state index contributed by atoms with van der Waals surface area (Å²) in [7, 11) is 0. The van der Waals surface area contributed by atoms with E-state index in [1.165, 1.54) is 0 Å². The standard InChI is InChI=1S/C22H22F2O3/c1-2-3-6-13-25-17-11-9-15-16-10-12-18(26-14-7-4-5-8-14)20(24)22(16)27-21(15)19(17)23/h2,9-12,14H,1,3-8,13H2. The first kappa shape index (κ1) is 17.8. The van der Waals surface area contributed by atoms with E-state index in [0.29, 0.717) is 17.4 Å². The Hall–Kier alpha value is -2.56. The van der Waals surface area contributed by atoms with Crippen LogP contribution in [0.15, 0.2) is 41.3 Å². The van der Waals surface area contributed by atoms with Gasteiger partial charge >= 0.3 is 0 Å². The van der Waals surface area contributed by atoms with Gasteiger partial charge in [0.2, 0.25) is 11.6 Å². The van der Waals surface area contributed by atoms with E-state index in [2.05, 4.69) is 6.58 Å². The van der Waals surface area contributed by atoms with E-state index < -0.39 is 11.6 Å². The van der Waals surface area contributed by atoms with Crippen LogP contribution in [0, 0.1) is 11.6 Å². The topological polar surface area (TPSA) is 31.6 Å². The van der Waals surface area contributed by atoms with Crippen LogP contribution in [-0.2, 0) is 0 Å². The molecule has 0 spiro atoms. The summed E-state index contributed by atoms with van der Waals surface area (Å²) >= 11 is 0. The molecular weight excluding hydrogens is 350 g/mol. The van der Waals surface area contributed by atoms with Crippen LogP contribution in [0.5, 0.6) is 11.5 Å². The lowest BCUT2D eigenvalue weighted by atomic mass is 10.1. The highest BCUT2D eigenvalue weighted by Gasteiger charge is 2.23. The van der Waals surface area contributed by atoms with E-state index >= 15 is 0 Å². The summed E-state index contributed by atoms with van der Waals surface area (Å²) in [5, 5.41) is 1.05. The molecule has 4 rings (SSSR count). The van der Waals surface area contributed by atoms with Crippen molar-refractivity contribution in [2.45, 2.75) is 44.6 Å². The smallest absolute Gasteiger partial charge is 0.208 e. The average Bonchev–Trinajstić information content (AvgIpc) is 3.31. The number of hydrogen-bond acceptors (Lipinski definition) is 3. The molecule has 0 radical (unpaired) electrons. The maximum absolute atomic E-state index is 14.9. The maximum atomic E-state index is 14.9. The maximum Gasteiger partial charge on any atom is 0.208 e. The second-order valence-corrected chi connectivity index (χ2v) is 6.91. The zero-order valence-corrected chi connectivity index (χ0v) is 15.1. The molecule has 0 unspecified atom stereocenters. The van der Waals surface area contributed by atoms with Crippen molar-refractivity contribution in [3.8, 4) is 11.5 Å². The van der Waals surface area contributed by atoms with Crippen LogP contribution in [0.3, 0.4) is 0 Å². The largest absolute Gasteiger partial charge is 0.490 e. The van der Waals surface area contributed by atoms with Crippen molar-refractivity contribution < 1.29 is 22.7 Å². The number of furan rings is 1. The normalized spacial score (nSPS) is 14.9. The zero-order chi connectivity index (χ0) is 18.8. The van der Waals surface area contributed by atoms with Gasteiger partial charge in [-0.2, -0.15) is 8.78 Å². The third kappa shape index (κ3) is 3.38. The lowest BCUT2D eigenvalue weighted by Gasteiger charge is -2.13. The minimum Gasteiger partial charge on any atom is -0.490 e. The Morgan fingerprint density at radius 2 is 1.63 bits per heavy atom.